The Morgan fingerprint density at radius 1 is 1.31 bits per heavy atom. The van der Waals surface area contributed by atoms with Crippen LogP contribution in [0.4, 0.5) is 0 Å². The maximum Gasteiger partial charge on any atom is 0.265 e. The van der Waals surface area contributed by atoms with E-state index in [9.17, 15) is 10.1 Å². The molecule has 1 unspecified atom stereocenters. The maximum atomic E-state index is 12.5. The number of amides is 1. The first-order chi connectivity index (χ1) is 12.5. The van der Waals surface area contributed by atoms with Crippen LogP contribution in [0.25, 0.3) is 0 Å². The highest BCUT2D eigenvalue weighted by atomic mass is 16.5. The van der Waals surface area contributed by atoms with Gasteiger partial charge in [0.25, 0.3) is 5.91 Å². The van der Waals surface area contributed by atoms with Gasteiger partial charge in [0.1, 0.15) is 11.6 Å². The van der Waals surface area contributed by atoms with E-state index in [4.69, 9.17) is 9.47 Å². The molecule has 6 heteroatoms. The van der Waals surface area contributed by atoms with Gasteiger partial charge in [0.05, 0.1) is 14.2 Å². The number of carbonyl (C=O) groups is 1. The summed E-state index contributed by atoms with van der Waals surface area (Å²) in [6, 6.07) is 7.57. The number of hydrogen-bond acceptors (Lipinski definition) is 5. The molecule has 1 saturated heterocycles. The van der Waals surface area contributed by atoms with Crippen molar-refractivity contribution >= 4 is 5.91 Å². The van der Waals surface area contributed by atoms with Crippen molar-refractivity contribution in [2.45, 2.75) is 32.7 Å². The Hall–Kier alpha value is -2.68. The second-order valence-corrected chi connectivity index (χ2v) is 6.65. The summed E-state index contributed by atoms with van der Waals surface area (Å²) < 4.78 is 10.6. The Bertz CT molecular complexity index is 701. The third-order valence-electron chi connectivity index (χ3n) is 4.81. The molecule has 0 aromatic heterocycles. The van der Waals surface area contributed by atoms with Gasteiger partial charge in [-0.3, -0.25) is 4.79 Å². The van der Waals surface area contributed by atoms with Crippen LogP contribution in [0.2, 0.25) is 0 Å². The first kappa shape index (κ1) is 19.6. The fourth-order valence-electron chi connectivity index (χ4n) is 2.95. The van der Waals surface area contributed by atoms with Gasteiger partial charge in [0.2, 0.25) is 0 Å². The van der Waals surface area contributed by atoms with Crippen molar-refractivity contribution < 1.29 is 14.3 Å². The van der Waals surface area contributed by atoms with Gasteiger partial charge in [-0.1, -0.05) is 13.0 Å². The van der Waals surface area contributed by atoms with Crippen molar-refractivity contribution in [1.29, 1.82) is 5.26 Å². The standard InChI is InChI=1S/C20H27N3O3/c1-14-7-9-23(10-8-14)20(24)17(12-21)13-22-15(2)16-5-6-18(25-3)19(11-16)26-4/h5-6,11,13-15,22H,7-10H2,1-4H3/b17-13-. The quantitative estimate of drug-likeness (QED) is 0.626. The highest BCUT2D eigenvalue weighted by Crippen LogP contribution is 2.29. The van der Waals surface area contributed by atoms with E-state index in [1.54, 1.807) is 19.1 Å². The number of carbonyl (C=O) groups excluding carboxylic acids is 1. The number of nitrogens with one attached hydrogen (secondary N) is 1. The number of piperidine rings is 1. The number of rotatable bonds is 6. The van der Waals surface area contributed by atoms with Crippen molar-refractivity contribution in [2.75, 3.05) is 27.3 Å². The molecular weight excluding hydrogens is 330 g/mol. The Balaban J connectivity index is 2.06. The third-order valence-corrected chi connectivity index (χ3v) is 4.81. The minimum Gasteiger partial charge on any atom is -0.493 e. The molecule has 140 valence electrons. The lowest BCUT2D eigenvalue weighted by molar-refractivity contribution is -0.128. The van der Waals surface area contributed by atoms with Crippen LogP contribution in [0.1, 0.15) is 38.3 Å². The molecule has 1 aromatic carbocycles. The molecule has 0 bridgehead atoms. The monoisotopic (exact) mass is 357 g/mol. The van der Waals surface area contributed by atoms with E-state index in [0.717, 1.165) is 18.4 Å². The Labute approximate surface area is 155 Å². The smallest absolute Gasteiger partial charge is 0.265 e. The first-order valence-electron chi connectivity index (χ1n) is 8.87. The molecule has 0 spiro atoms. The van der Waals surface area contributed by atoms with Crippen LogP contribution >= 0.6 is 0 Å². The van der Waals surface area contributed by atoms with Gasteiger partial charge in [-0.05, 0) is 43.4 Å². The van der Waals surface area contributed by atoms with E-state index in [-0.39, 0.29) is 17.5 Å². The lowest BCUT2D eigenvalue weighted by Crippen LogP contribution is -2.38. The van der Waals surface area contributed by atoms with Crippen LogP contribution < -0.4 is 14.8 Å². The molecule has 1 aromatic rings. The summed E-state index contributed by atoms with van der Waals surface area (Å²) in [5, 5.41) is 12.5. The van der Waals surface area contributed by atoms with Crippen molar-refractivity contribution in [2.24, 2.45) is 5.92 Å². The van der Waals surface area contributed by atoms with Gasteiger partial charge in [0.15, 0.2) is 11.5 Å². The molecule has 0 aliphatic carbocycles. The van der Waals surface area contributed by atoms with E-state index in [2.05, 4.69) is 12.2 Å². The molecule has 1 aliphatic heterocycles. The fraction of sp³-hybridized carbons (Fsp3) is 0.500. The highest BCUT2D eigenvalue weighted by Gasteiger charge is 2.23. The van der Waals surface area contributed by atoms with Crippen LogP contribution in [0, 0.1) is 17.2 Å². The molecule has 1 aliphatic rings. The third kappa shape index (κ3) is 4.69. The molecule has 6 nitrogen and oxygen atoms in total. The van der Waals surface area contributed by atoms with Crippen LogP contribution in [0.5, 0.6) is 11.5 Å². The summed E-state index contributed by atoms with van der Waals surface area (Å²) in [5.41, 5.74) is 1.10. The van der Waals surface area contributed by atoms with Crippen molar-refractivity contribution in [3.05, 3.63) is 35.5 Å². The molecule has 1 amide bonds. The molecule has 1 fully saturated rings. The summed E-state index contributed by atoms with van der Waals surface area (Å²) in [5.74, 6) is 1.73. The maximum absolute atomic E-state index is 12.5. The molecule has 1 atom stereocenters. The van der Waals surface area contributed by atoms with Gasteiger partial charge >= 0.3 is 0 Å². The predicted molar refractivity (Wildman–Crippen MR) is 99.8 cm³/mol. The predicted octanol–water partition coefficient (Wildman–Crippen LogP) is 3.02. The topological polar surface area (TPSA) is 74.6 Å². The number of benzene rings is 1. The Kier molecular flexibility index (Phi) is 6.90. The minimum atomic E-state index is -0.202. The van der Waals surface area contributed by atoms with Crippen LogP contribution in [-0.2, 0) is 4.79 Å². The second-order valence-electron chi connectivity index (χ2n) is 6.65. The Morgan fingerprint density at radius 3 is 2.54 bits per heavy atom. The molecular formula is C20H27N3O3. The van der Waals surface area contributed by atoms with Gasteiger partial charge in [-0.15, -0.1) is 0 Å². The number of nitrogens with zero attached hydrogens (tertiary/aromatic N) is 2. The van der Waals surface area contributed by atoms with Gasteiger partial charge < -0.3 is 19.7 Å². The number of ether oxygens (including phenoxy) is 2. The van der Waals surface area contributed by atoms with E-state index < -0.39 is 0 Å². The van der Waals surface area contributed by atoms with Crippen LogP contribution in [-0.4, -0.2) is 38.1 Å². The lowest BCUT2D eigenvalue weighted by Gasteiger charge is -2.30. The summed E-state index contributed by atoms with van der Waals surface area (Å²) in [7, 11) is 3.18. The summed E-state index contributed by atoms with van der Waals surface area (Å²) in [6.07, 6.45) is 3.49. The van der Waals surface area contributed by atoms with Crippen LogP contribution in [0.3, 0.4) is 0 Å². The largest absolute Gasteiger partial charge is 0.493 e. The number of hydrogen-bond donors (Lipinski definition) is 1. The molecule has 0 saturated carbocycles. The molecule has 26 heavy (non-hydrogen) atoms. The average Bonchev–Trinajstić information content (AvgIpc) is 2.68. The van der Waals surface area contributed by atoms with E-state index >= 15 is 0 Å². The summed E-state index contributed by atoms with van der Waals surface area (Å²) in [4.78, 5) is 14.3. The second kappa shape index (κ2) is 9.14. The van der Waals surface area contributed by atoms with Crippen molar-refractivity contribution in [3.8, 4) is 17.6 Å². The molecule has 2 rings (SSSR count). The zero-order valence-corrected chi connectivity index (χ0v) is 15.9. The van der Waals surface area contributed by atoms with Gasteiger partial charge in [-0.25, -0.2) is 0 Å². The fourth-order valence-corrected chi connectivity index (χ4v) is 2.95. The molecule has 1 heterocycles. The highest BCUT2D eigenvalue weighted by molar-refractivity contribution is 5.97. The number of methoxy groups -OCH3 is 2. The number of nitriles is 1. The van der Waals surface area contributed by atoms with Gasteiger partial charge in [-0.2, -0.15) is 5.26 Å². The average molecular weight is 357 g/mol. The van der Waals surface area contributed by atoms with Crippen molar-refractivity contribution in [3.63, 3.8) is 0 Å². The van der Waals surface area contributed by atoms with E-state index in [1.165, 1.54) is 6.20 Å². The SMILES string of the molecule is COc1ccc(C(C)N/C=C(/C#N)C(=O)N2CCC(C)CC2)cc1OC. The first-order valence-corrected chi connectivity index (χ1v) is 8.87. The zero-order valence-electron chi connectivity index (χ0n) is 15.9. The van der Waals surface area contributed by atoms with Gasteiger partial charge in [0, 0.05) is 25.3 Å². The van der Waals surface area contributed by atoms with E-state index in [1.807, 2.05) is 31.2 Å². The summed E-state index contributed by atoms with van der Waals surface area (Å²) >= 11 is 0. The molecule has 0 radical (unpaired) electrons. The minimum absolute atomic E-state index is 0.0904. The lowest BCUT2D eigenvalue weighted by atomic mass is 9.99. The summed E-state index contributed by atoms with van der Waals surface area (Å²) in [6.45, 7) is 5.57. The normalized spacial score (nSPS) is 16.6. The zero-order chi connectivity index (χ0) is 19.1. The van der Waals surface area contributed by atoms with Crippen LogP contribution in [0.15, 0.2) is 30.0 Å². The molecule has 1 N–H and O–H groups in total. The number of likely N-dealkylation sites (tertiary alicyclic amines) is 1. The van der Waals surface area contributed by atoms with E-state index in [0.29, 0.717) is 30.5 Å². The Morgan fingerprint density at radius 2 is 1.96 bits per heavy atom. The van der Waals surface area contributed by atoms with Crippen molar-refractivity contribution in [1.82, 2.24) is 10.2 Å².